The summed E-state index contributed by atoms with van der Waals surface area (Å²) in [6, 6.07) is 3.66. The normalized spacial score (nSPS) is 21.7. The molecular formula is C15H17F5N2O2. The molecule has 4 nitrogen and oxygen atoms in total. The fourth-order valence-corrected chi connectivity index (χ4v) is 3.03. The average molecular weight is 352 g/mol. The zero-order chi connectivity index (χ0) is 17.4. The third kappa shape index (κ3) is 4.07. The minimum Gasteiger partial charge on any atom is -0.395 e. The summed E-state index contributed by atoms with van der Waals surface area (Å²) in [5, 5.41) is 3.14. The molecule has 0 radical (unpaired) electrons. The lowest BCUT2D eigenvalue weighted by atomic mass is 9.98. The van der Waals surface area contributed by atoms with Gasteiger partial charge in [-0.3, -0.25) is 4.90 Å². The second-order valence-electron chi connectivity index (χ2n) is 5.83. The number of fused-ring (bicyclic) bond motifs is 1. The smallest absolute Gasteiger partial charge is 0.395 e. The first-order valence-corrected chi connectivity index (χ1v) is 7.65. The number of ether oxygens (including phenoxy) is 2. The second kappa shape index (κ2) is 6.36. The lowest BCUT2D eigenvalue weighted by molar-refractivity contribution is -0.286. The standard InChI is InChI=1S/C15H17F5N2O2/c16-14(17,18)4-3-11(22-7-5-21-6-8-22)10-1-2-12-13(9-10)24-15(19,20)23-12/h1-2,9,11,21H,3-8H2/t11-/m0/s1. The van der Waals surface area contributed by atoms with Gasteiger partial charge in [0.25, 0.3) is 0 Å². The van der Waals surface area contributed by atoms with Crippen LogP contribution in [0.2, 0.25) is 0 Å². The van der Waals surface area contributed by atoms with Crippen LogP contribution in [0.15, 0.2) is 18.2 Å². The number of piperazine rings is 1. The number of hydrogen-bond acceptors (Lipinski definition) is 4. The molecule has 0 aliphatic carbocycles. The molecule has 0 aromatic heterocycles. The quantitative estimate of drug-likeness (QED) is 0.843. The van der Waals surface area contributed by atoms with Gasteiger partial charge in [-0.05, 0) is 24.1 Å². The second-order valence-corrected chi connectivity index (χ2v) is 5.83. The molecular weight excluding hydrogens is 335 g/mol. The Hall–Kier alpha value is -1.61. The van der Waals surface area contributed by atoms with E-state index in [-0.39, 0.29) is 17.9 Å². The zero-order valence-electron chi connectivity index (χ0n) is 12.7. The summed E-state index contributed by atoms with van der Waals surface area (Å²) < 4.78 is 72.9. The lowest BCUT2D eigenvalue weighted by Crippen LogP contribution is -2.45. The molecule has 0 unspecified atom stereocenters. The molecule has 0 amide bonds. The van der Waals surface area contributed by atoms with Crippen molar-refractivity contribution in [3.63, 3.8) is 0 Å². The molecule has 2 heterocycles. The lowest BCUT2D eigenvalue weighted by Gasteiger charge is -2.35. The van der Waals surface area contributed by atoms with E-state index in [2.05, 4.69) is 14.8 Å². The Bertz CT molecular complexity index is 588. The van der Waals surface area contributed by atoms with E-state index in [1.807, 2.05) is 4.90 Å². The Morgan fingerprint density at radius 1 is 1.12 bits per heavy atom. The molecule has 3 rings (SSSR count). The number of nitrogens with zero attached hydrogens (tertiary/aromatic N) is 1. The van der Waals surface area contributed by atoms with E-state index in [1.54, 1.807) is 0 Å². The van der Waals surface area contributed by atoms with Gasteiger partial charge in [-0.15, -0.1) is 8.78 Å². The summed E-state index contributed by atoms with van der Waals surface area (Å²) >= 11 is 0. The molecule has 0 saturated carbocycles. The van der Waals surface area contributed by atoms with E-state index in [0.717, 1.165) is 0 Å². The summed E-state index contributed by atoms with van der Waals surface area (Å²) in [5.41, 5.74) is 0.515. The van der Waals surface area contributed by atoms with Crippen molar-refractivity contribution in [1.82, 2.24) is 10.2 Å². The number of halogens is 5. The Labute approximate surface area is 135 Å². The van der Waals surface area contributed by atoms with Gasteiger partial charge in [0, 0.05) is 38.6 Å². The third-order valence-corrected chi connectivity index (χ3v) is 4.10. The van der Waals surface area contributed by atoms with Gasteiger partial charge < -0.3 is 14.8 Å². The van der Waals surface area contributed by atoms with Gasteiger partial charge >= 0.3 is 12.5 Å². The minimum atomic E-state index is -4.27. The molecule has 1 fully saturated rings. The number of alkyl halides is 5. The Balaban J connectivity index is 1.82. The largest absolute Gasteiger partial charge is 0.586 e. The van der Waals surface area contributed by atoms with Crippen LogP contribution >= 0.6 is 0 Å². The van der Waals surface area contributed by atoms with Crippen molar-refractivity contribution in [2.24, 2.45) is 0 Å². The van der Waals surface area contributed by atoms with Crippen LogP contribution in [-0.4, -0.2) is 43.5 Å². The van der Waals surface area contributed by atoms with Gasteiger partial charge in [0.15, 0.2) is 11.5 Å². The van der Waals surface area contributed by atoms with Crippen molar-refractivity contribution in [3.8, 4) is 11.5 Å². The SMILES string of the molecule is FC(F)(F)CC[C@@H](c1ccc2c(c1)OC(F)(F)O2)N1CCNCC1. The predicted octanol–water partition coefficient (Wildman–Crippen LogP) is 3.30. The maximum absolute atomic E-state index is 13.1. The monoisotopic (exact) mass is 352 g/mol. The first-order chi connectivity index (χ1) is 11.2. The molecule has 1 atom stereocenters. The van der Waals surface area contributed by atoms with E-state index >= 15 is 0 Å². The van der Waals surface area contributed by atoms with Gasteiger partial charge in [-0.2, -0.15) is 13.2 Å². The van der Waals surface area contributed by atoms with E-state index < -0.39 is 24.9 Å². The van der Waals surface area contributed by atoms with Crippen LogP contribution in [0.5, 0.6) is 11.5 Å². The van der Waals surface area contributed by atoms with Crippen molar-refractivity contribution in [1.29, 1.82) is 0 Å². The van der Waals surface area contributed by atoms with Crippen LogP contribution in [-0.2, 0) is 0 Å². The predicted molar refractivity (Wildman–Crippen MR) is 75.1 cm³/mol. The van der Waals surface area contributed by atoms with Crippen molar-refractivity contribution < 1.29 is 31.4 Å². The first-order valence-electron chi connectivity index (χ1n) is 7.65. The Morgan fingerprint density at radius 2 is 1.79 bits per heavy atom. The van der Waals surface area contributed by atoms with Crippen molar-refractivity contribution in [2.45, 2.75) is 31.4 Å². The van der Waals surface area contributed by atoms with E-state index in [0.29, 0.717) is 31.7 Å². The van der Waals surface area contributed by atoms with Gasteiger partial charge in [-0.25, -0.2) is 0 Å². The van der Waals surface area contributed by atoms with Crippen molar-refractivity contribution >= 4 is 0 Å². The highest BCUT2D eigenvalue weighted by Gasteiger charge is 2.43. The van der Waals surface area contributed by atoms with E-state index in [1.165, 1.54) is 18.2 Å². The van der Waals surface area contributed by atoms with E-state index in [9.17, 15) is 22.0 Å². The number of rotatable bonds is 4. The van der Waals surface area contributed by atoms with Crippen LogP contribution in [0.3, 0.4) is 0 Å². The summed E-state index contributed by atoms with van der Waals surface area (Å²) in [6.07, 6.45) is -9.08. The first kappa shape index (κ1) is 17.2. The molecule has 134 valence electrons. The molecule has 2 aliphatic heterocycles. The molecule has 0 spiro atoms. The third-order valence-electron chi connectivity index (χ3n) is 4.10. The average Bonchev–Trinajstić information content (AvgIpc) is 2.80. The highest BCUT2D eigenvalue weighted by molar-refractivity contribution is 5.46. The molecule has 24 heavy (non-hydrogen) atoms. The molecule has 1 aromatic carbocycles. The number of nitrogens with one attached hydrogen (secondary N) is 1. The summed E-state index contributed by atoms with van der Waals surface area (Å²) in [5.74, 6) is -0.261. The molecule has 1 aromatic rings. The zero-order valence-corrected chi connectivity index (χ0v) is 12.7. The molecule has 2 aliphatic rings. The van der Waals surface area contributed by atoms with Crippen LogP contribution in [0.4, 0.5) is 22.0 Å². The minimum absolute atomic E-state index is 0.112. The maximum Gasteiger partial charge on any atom is 0.586 e. The Kier molecular flexibility index (Phi) is 4.56. The fraction of sp³-hybridized carbons (Fsp3) is 0.600. The number of benzene rings is 1. The van der Waals surface area contributed by atoms with E-state index in [4.69, 9.17) is 0 Å². The summed E-state index contributed by atoms with van der Waals surface area (Å²) in [4.78, 5) is 1.93. The molecule has 0 bridgehead atoms. The number of hydrogen-bond donors (Lipinski definition) is 1. The fourth-order valence-electron chi connectivity index (χ4n) is 3.03. The van der Waals surface area contributed by atoms with Crippen LogP contribution < -0.4 is 14.8 Å². The van der Waals surface area contributed by atoms with Crippen LogP contribution in [0.25, 0.3) is 0 Å². The highest BCUT2D eigenvalue weighted by atomic mass is 19.4. The van der Waals surface area contributed by atoms with Crippen molar-refractivity contribution in [2.75, 3.05) is 26.2 Å². The highest BCUT2D eigenvalue weighted by Crippen LogP contribution is 2.43. The molecule has 9 heteroatoms. The molecule has 1 saturated heterocycles. The Morgan fingerprint density at radius 3 is 2.46 bits per heavy atom. The van der Waals surface area contributed by atoms with Gasteiger partial charge in [-0.1, -0.05) is 6.07 Å². The van der Waals surface area contributed by atoms with Crippen molar-refractivity contribution in [3.05, 3.63) is 23.8 Å². The summed E-state index contributed by atoms with van der Waals surface area (Å²) in [6.45, 7) is 2.52. The maximum atomic E-state index is 13.1. The topological polar surface area (TPSA) is 33.7 Å². The van der Waals surface area contributed by atoms with Gasteiger partial charge in [0.2, 0.25) is 0 Å². The van der Waals surface area contributed by atoms with Crippen LogP contribution in [0.1, 0.15) is 24.4 Å². The summed E-state index contributed by atoms with van der Waals surface area (Å²) in [7, 11) is 0. The molecule has 1 N–H and O–H groups in total. The van der Waals surface area contributed by atoms with Gasteiger partial charge in [0.1, 0.15) is 0 Å². The van der Waals surface area contributed by atoms with Gasteiger partial charge in [0.05, 0.1) is 0 Å². The van der Waals surface area contributed by atoms with Crippen LogP contribution in [0, 0.1) is 0 Å².